The summed E-state index contributed by atoms with van der Waals surface area (Å²) in [6.45, 7) is 8.32. The van der Waals surface area contributed by atoms with Gasteiger partial charge in [-0.25, -0.2) is 9.59 Å². The van der Waals surface area contributed by atoms with E-state index in [1.54, 1.807) is 18.9 Å². The van der Waals surface area contributed by atoms with Crippen molar-refractivity contribution >= 4 is 12.0 Å². The van der Waals surface area contributed by atoms with Gasteiger partial charge < -0.3 is 15.3 Å². The molecule has 122 valence electrons. The van der Waals surface area contributed by atoms with E-state index < -0.39 is 11.5 Å². The first-order chi connectivity index (χ1) is 9.84. The second-order valence-corrected chi connectivity index (χ2v) is 6.12. The first-order valence-electron chi connectivity index (χ1n) is 7.84. The SMILES string of the molecule is CCCC(C)(NC(=O)N(C)CC1CCCN1CC)C(=O)O. The first-order valence-corrected chi connectivity index (χ1v) is 7.84. The van der Waals surface area contributed by atoms with Gasteiger partial charge in [0.1, 0.15) is 5.54 Å². The summed E-state index contributed by atoms with van der Waals surface area (Å²) in [4.78, 5) is 27.6. The van der Waals surface area contributed by atoms with Crippen LogP contribution in [0.25, 0.3) is 0 Å². The number of carboxylic acid groups (broad SMARTS) is 1. The van der Waals surface area contributed by atoms with E-state index in [9.17, 15) is 14.7 Å². The molecule has 1 rings (SSSR count). The third-order valence-electron chi connectivity index (χ3n) is 4.34. The fraction of sp³-hybridized carbons (Fsp3) is 0.867. The van der Waals surface area contributed by atoms with Crippen LogP contribution in [0.2, 0.25) is 0 Å². The average Bonchev–Trinajstić information content (AvgIpc) is 2.85. The topological polar surface area (TPSA) is 72.9 Å². The Bertz CT molecular complexity index is 375. The highest BCUT2D eigenvalue weighted by Crippen LogP contribution is 2.18. The predicted molar refractivity (Wildman–Crippen MR) is 82.4 cm³/mol. The Labute approximate surface area is 127 Å². The Balaban J connectivity index is 2.59. The second-order valence-electron chi connectivity index (χ2n) is 6.12. The van der Waals surface area contributed by atoms with Crippen molar-refractivity contribution in [3.8, 4) is 0 Å². The molecule has 2 unspecified atom stereocenters. The molecule has 6 nitrogen and oxygen atoms in total. The number of likely N-dealkylation sites (N-methyl/N-ethyl adjacent to an activating group) is 2. The summed E-state index contributed by atoms with van der Waals surface area (Å²) in [7, 11) is 1.73. The lowest BCUT2D eigenvalue weighted by molar-refractivity contribution is -0.144. The Morgan fingerprint density at radius 3 is 2.62 bits per heavy atom. The van der Waals surface area contributed by atoms with Crippen LogP contribution in [0, 0.1) is 0 Å². The fourth-order valence-electron chi connectivity index (χ4n) is 2.97. The summed E-state index contributed by atoms with van der Waals surface area (Å²) < 4.78 is 0. The molecule has 0 radical (unpaired) electrons. The third kappa shape index (κ3) is 4.59. The molecule has 1 aliphatic heterocycles. The van der Waals surface area contributed by atoms with Crippen molar-refractivity contribution in [2.24, 2.45) is 0 Å². The van der Waals surface area contributed by atoms with Crippen LogP contribution >= 0.6 is 0 Å². The Morgan fingerprint density at radius 1 is 1.43 bits per heavy atom. The van der Waals surface area contributed by atoms with Crippen molar-refractivity contribution in [2.75, 3.05) is 26.7 Å². The second kappa shape index (κ2) is 7.64. The van der Waals surface area contributed by atoms with Crippen molar-refractivity contribution in [2.45, 2.75) is 58.0 Å². The summed E-state index contributed by atoms with van der Waals surface area (Å²) in [5.41, 5.74) is -1.19. The van der Waals surface area contributed by atoms with Gasteiger partial charge in [-0.2, -0.15) is 0 Å². The van der Waals surface area contributed by atoms with Crippen LogP contribution in [0.3, 0.4) is 0 Å². The molecule has 0 aromatic heterocycles. The Hall–Kier alpha value is -1.30. The van der Waals surface area contributed by atoms with Crippen LogP contribution in [0.4, 0.5) is 4.79 Å². The average molecular weight is 299 g/mol. The molecule has 2 atom stereocenters. The molecule has 1 aliphatic rings. The van der Waals surface area contributed by atoms with Crippen molar-refractivity contribution in [1.29, 1.82) is 0 Å². The summed E-state index contributed by atoms with van der Waals surface area (Å²) in [5.74, 6) is -0.984. The van der Waals surface area contributed by atoms with Gasteiger partial charge in [0.05, 0.1) is 0 Å². The summed E-state index contributed by atoms with van der Waals surface area (Å²) in [5, 5.41) is 12.0. The van der Waals surface area contributed by atoms with Gasteiger partial charge in [0, 0.05) is 19.6 Å². The number of carbonyl (C=O) groups is 2. The zero-order valence-corrected chi connectivity index (χ0v) is 13.7. The molecule has 0 spiro atoms. The number of nitrogens with one attached hydrogen (secondary N) is 1. The van der Waals surface area contributed by atoms with E-state index in [2.05, 4.69) is 17.1 Å². The van der Waals surface area contributed by atoms with Gasteiger partial charge in [-0.1, -0.05) is 20.3 Å². The molecule has 0 bridgehead atoms. The number of likely N-dealkylation sites (tertiary alicyclic amines) is 1. The minimum Gasteiger partial charge on any atom is -0.480 e. The zero-order chi connectivity index (χ0) is 16.0. The van der Waals surface area contributed by atoms with Crippen molar-refractivity contribution in [1.82, 2.24) is 15.1 Å². The van der Waals surface area contributed by atoms with E-state index >= 15 is 0 Å². The molecule has 2 amide bonds. The maximum atomic E-state index is 12.3. The molecule has 0 aliphatic carbocycles. The maximum Gasteiger partial charge on any atom is 0.329 e. The van der Waals surface area contributed by atoms with Crippen LogP contribution in [-0.4, -0.2) is 65.2 Å². The number of urea groups is 1. The van der Waals surface area contributed by atoms with Gasteiger partial charge in [-0.05, 0) is 39.3 Å². The number of amides is 2. The van der Waals surface area contributed by atoms with Crippen LogP contribution in [0.5, 0.6) is 0 Å². The highest BCUT2D eigenvalue weighted by molar-refractivity contribution is 5.85. The molecule has 0 saturated carbocycles. The summed E-state index contributed by atoms with van der Waals surface area (Å²) in [6, 6.07) is 0.0734. The Morgan fingerprint density at radius 2 is 2.10 bits per heavy atom. The van der Waals surface area contributed by atoms with Crippen molar-refractivity contribution in [3.05, 3.63) is 0 Å². The highest BCUT2D eigenvalue weighted by atomic mass is 16.4. The van der Waals surface area contributed by atoms with Crippen molar-refractivity contribution < 1.29 is 14.7 Å². The van der Waals surface area contributed by atoms with Gasteiger partial charge in [0.2, 0.25) is 0 Å². The number of carbonyl (C=O) groups excluding carboxylic acids is 1. The van der Waals surface area contributed by atoms with E-state index in [1.807, 2.05) is 6.92 Å². The predicted octanol–water partition coefficient (Wildman–Crippen LogP) is 1.76. The van der Waals surface area contributed by atoms with Crippen LogP contribution in [0.1, 0.15) is 46.5 Å². The van der Waals surface area contributed by atoms with E-state index in [0.29, 0.717) is 25.4 Å². The van der Waals surface area contributed by atoms with Crippen LogP contribution < -0.4 is 5.32 Å². The van der Waals surface area contributed by atoms with Gasteiger partial charge in [-0.15, -0.1) is 0 Å². The molecular weight excluding hydrogens is 270 g/mol. The van der Waals surface area contributed by atoms with E-state index in [1.165, 1.54) is 0 Å². The van der Waals surface area contributed by atoms with E-state index in [4.69, 9.17) is 0 Å². The normalized spacial score (nSPS) is 21.8. The number of aliphatic carboxylic acids is 1. The molecule has 21 heavy (non-hydrogen) atoms. The van der Waals surface area contributed by atoms with Gasteiger partial charge in [0.25, 0.3) is 0 Å². The van der Waals surface area contributed by atoms with E-state index in [-0.39, 0.29) is 6.03 Å². The van der Waals surface area contributed by atoms with Crippen molar-refractivity contribution in [3.63, 3.8) is 0 Å². The standard InChI is InChI=1S/C15H29N3O3/c1-5-9-15(3,13(19)20)16-14(21)17(4)11-12-8-7-10-18(12)6-2/h12H,5-11H2,1-4H3,(H,16,21)(H,19,20). The third-order valence-corrected chi connectivity index (χ3v) is 4.34. The van der Waals surface area contributed by atoms with Crippen LogP contribution in [-0.2, 0) is 4.79 Å². The van der Waals surface area contributed by atoms with Crippen LogP contribution in [0.15, 0.2) is 0 Å². The quantitative estimate of drug-likeness (QED) is 0.751. The minimum absolute atomic E-state index is 0.309. The molecule has 0 aromatic carbocycles. The number of hydrogen-bond acceptors (Lipinski definition) is 3. The fourth-order valence-corrected chi connectivity index (χ4v) is 2.97. The van der Waals surface area contributed by atoms with Gasteiger partial charge in [0.15, 0.2) is 0 Å². The number of rotatable bonds is 7. The molecule has 1 heterocycles. The number of nitrogens with zero attached hydrogens (tertiary/aromatic N) is 2. The highest BCUT2D eigenvalue weighted by Gasteiger charge is 2.35. The molecular formula is C15H29N3O3. The molecule has 6 heteroatoms. The maximum absolute atomic E-state index is 12.3. The zero-order valence-electron chi connectivity index (χ0n) is 13.7. The van der Waals surface area contributed by atoms with Gasteiger partial charge in [-0.3, -0.25) is 4.90 Å². The number of carboxylic acids is 1. The molecule has 1 saturated heterocycles. The Kier molecular flexibility index (Phi) is 6.45. The lowest BCUT2D eigenvalue weighted by Gasteiger charge is -2.31. The monoisotopic (exact) mass is 299 g/mol. The smallest absolute Gasteiger partial charge is 0.329 e. The lowest BCUT2D eigenvalue weighted by atomic mass is 9.96. The molecule has 2 N–H and O–H groups in total. The number of hydrogen-bond donors (Lipinski definition) is 2. The molecule has 1 fully saturated rings. The summed E-state index contributed by atoms with van der Waals surface area (Å²) in [6.07, 6.45) is 3.39. The largest absolute Gasteiger partial charge is 0.480 e. The molecule has 0 aromatic rings. The van der Waals surface area contributed by atoms with E-state index in [0.717, 1.165) is 25.9 Å². The first kappa shape index (κ1) is 17.8. The minimum atomic E-state index is -1.19. The lowest BCUT2D eigenvalue weighted by Crippen LogP contribution is -2.56. The summed E-state index contributed by atoms with van der Waals surface area (Å²) >= 11 is 0. The van der Waals surface area contributed by atoms with Gasteiger partial charge >= 0.3 is 12.0 Å².